The molecule has 0 bridgehead atoms. The molecule has 2 heteroatoms. The molecule has 3 rings (SSSR count). The predicted molar refractivity (Wildman–Crippen MR) is 71.2 cm³/mol. The minimum atomic E-state index is -0.887. The average Bonchev–Trinajstić information content (AvgIpc) is 2.39. The van der Waals surface area contributed by atoms with E-state index in [0.29, 0.717) is 0 Å². The summed E-state index contributed by atoms with van der Waals surface area (Å²) in [5.41, 5.74) is 2.09. The lowest BCUT2D eigenvalue weighted by molar-refractivity contribution is -0.144. The van der Waals surface area contributed by atoms with Crippen LogP contribution in [0.3, 0.4) is 0 Å². The molecule has 0 heterocycles. The smallest absolute Gasteiger partial charge is 0.314 e. The number of benzene rings is 1. The van der Waals surface area contributed by atoms with E-state index in [2.05, 4.69) is 6.08 Å². The van der Waals surface area contributed by atoms with Crippen molar-refractivity contribution in [1.29, 1.82) is 0 Å². The summed E-state index contributed by atoms with van der Waals surface area (Å²) in [5, 5.41) is 9.70. The fraction of sp³-hybridized carbons (Fsp3) is 0.188. The second-order valence-corrected chi connectivity index (χ2v) is 4.96. The number of carboxylic acids is 1. The maximum atomic E-state index is 11.8. The van der Waals surface area contributed by atoms with Gasteiger partial charge in [0, 0.05) is 5.92 Å². The molecular weight excluding hydrogens is 224 g/mol. The number of rotatable bonds is 1. The summed E-state index contributed by atoms with van der Waals surface area (Å²) < 4.78 is 0. The minimum absolute atomic E-state index is 0.0881. The van der Waals surface area contributed by atoms with Gasteiger partial charge < -0.3 is 5.11 Å². The van der Waals surface area contributed by atoms with Gasteiger partial charge in [-0.2, -0.15) is 0 Å². The molecule has 0 aliphatic heterocycles. The Morgan fingerprint density at radius 3 is 2.83 bits per heavy atom. The minimum Gasteiger partial charge on any atom is -0.481 e. The third-order valence-corrected chi connectivity index (χ3v) is 3.97. The van der Waals surface area contributed by atoms with E-state index in [9.17, 15) is 9.90 Å². The van der Waals surface area contributed by atoms with Crippen LogP contribution in [-0.4, -0.2) is 11.1 Å². The van der Waals surface area contributed by atoms with Gasteiger partial charge in [-0.3, -0.25) is 4.79 Å². The van der Waals surface area contributed by atoms with Crippen molar-refractivity contribution in [2.24, 2.45) is 5.92 Å². The van der Waals surface area contributed by atoms with E-state index in [4.69, 9.17) is 0 Å². The van der Waals surface area contributed by atoms with E-state index in [1.807, 2.05) is 55.5 Å². The highest BCUT2D eigenvalue weighted by Crippen LogP contribution is 2.45. The molecular formula is C16H14O2. The molecule has 2 nitrogen and oxygen atoms in total. The molecule has 18 heavy (non-hydrogen) atoms. The maximum absolute atomic E-state index is 11.8. The van der Waals surface area contributed by atoms with Crippen LogP contribution in [0.5, 0.6) is 0 Å². The molecule has 0 amide bonds. The Morgan fingerprint density at radius 1 is 1.28 bits per heavy atom. The van der Waals surface area contributed by atoms with Crippen LogP contribution in [0.15, 0.2) is 54.1 Å². The Labute approximate surface area is 106 Å². The number of aliphatic carboxylic acids is 1. The van der Waals surface area contributed by atoms with Gasteiger partial charge in [0.25, 0.3) is 0 Å². The summed E-state index contributed by atoms with van der Waals surface area (Å²) in [4.78, 5) is 11.8. The molecule has 0 spiro atoms. The van der Waals surface area contributed by atoms with Crippen LogP contribution in [0.2, 0.25) is 0 Å². The lowest BCUT2D eigenvalue weighted by Crippen LogP contribution is -2.42. The van der Waals surface area contributed by atoms with Gasteiger partial charge in [0.15, 0.2) is 0 Å². The Hall–Kier alpha value is -2.09. The number of carboxylic acid groups (broad SMARTS) is 1. The molecule has 2 atom stereocenters. The molecule has 2 aliphatic carbocycles. The molecule has 2 aliphatic rings. The first-order chi connectivity index (χ1) is 8.64. The Morgan fingerprint density at radius 2 is 2.06 bits per heavy atom. The summed E-state index contributed by atoms with van der Waals surface area (Å²) >= 11 is 0. The van der Waals surface area contributed by atoms with E-state index in [1.165, 1.54) is 0 Å². The van der Waals surface area contributed by atoms with Crippen molar-refractivity contribution in [1.82, 2.24) is 0 Å². The van der Waals surface area contributed by atoms with Gasteiger partial charge in [-0.25, -0.2) is 0 Å². The maximum Gasteiger partial charge on any atom is 0.314 e. The molecule has 90 valence electrons. The third kappa shape index (κ3) is 1.32. The predicted octanol–water partition coefficient (Wildman–Crippen LogP) is 3.17. The molecule has 1 aromatic carbocycles. The molecule has 0 unspecified atom stereocenters. The van der Waals surface area contributed by atoms with E-state index in [-0.39, 0.29) is 5.92 Å². The molecule has 1 N–H and O–H groups in total. The summed E-state index contributed by atoms with van der Waals surface area (Å²) in [7, 11) is 0. The van der Waals surface area contributed by atoms with Gasteiger partial charge in [0.1, 0.15) is 5.41 Å². The summed E-state index contributed by atoms with van der Waals surface area (Å²) in [6.07, 6.45) is 9.96. The number of allylic oxidation sites excluding steroid dienone is 5. The number of hydrogen-bond donors (Lipinski definition) is 1. The van der Waals surface area contributed by atoms with Crippen molar-refractivity contribution >= 4 is 12.0 Å². The van der Waals surface area contributed by atoms with Crippen LogP contribution in [-0.2, 0) is 10.2 Å². The standard InChI is InChI=1S/C16H14O2/c1-16(15(17)18)13-8-4-2-6-11(13)10-12-7-3-5-9-14(12)16/h2-10,13H,1H3,(H,17,18)/t13-,16-/m1/s1. The third-order valence-electron chi connectivity index (χ3n) is 3.97. The first-order valence-electron chi connectivity index (χ1n) is 6.03. The lowest BCUT2D eigenvalue weighted by atomic mass is 9.63. The van der Waals surface area contributed by atoms with Gasteiger partial charge >= 0.3 is 5.97 Å². The van der Waals surface area contributed by atoms with Crippen LogP contribution in [0.25, 0.3) is 6.08 Å². The van der Waals surface area contributed by atoms with E-state index >= 15 is 0 Å². The highest BCUT2D eigenvalue weighted by molar-refractivity contribution is 5.87. The number of fused-ring (bicyclic) bond motifs is 2. The van der Waals surface area contributed by atoms with E-state index in [1.54, 1.807) is 0 Å². The van der Waals surface area contributed by atoms with Crippen molar-refractivity contribution < 1.29 is 9.90 Å². The summed E-state index contributed by atoms with van der Waals surface area (Å²) in [5.74, 6) is -0.861. The molecule has 0 radical (unpaired) electrons. The van der Waals surface area contributed by atoms with Crippen molar-refractivity contribution in [3.63, 3.8) is 0 Å². The quantitative estimate of drug-likeness (QED) is 0.816. The van der Waals surface area contributed by atoms with Crippen LogP contribution in [0.1, 0.15) is 18.1 Å². The van der Waals surface area contributed by atoms with Crippen molar-refractivity contribution in [3.05, 3.63) is 65.3 Å². The van der Waals surface area contributed by atoms with Crippen LogP contribution in [0, 0.1) is 5.92 Å². The lowest BCUT2D eigenvalue weighted by Gasteiger charge is -2.38. The molecule has 0 saturated heterocycles. The molecule has 0 aromatic heterocycles. The van der Waals surface area contributed by atoms with E-state index in [0.717, 1.165) is 16.7 Å². The second-order valence-electron chi connectivity index (χ2n) is 4.96. The molecule has 0 fully saturated rings. The largest absolute Gasteiger partial charge is 0.481 e. The van der Waals surface area contributed by atoms with Gasteiger partial charge in [-0.1, -0.05) is 54.6 Å². The fourth-order valence-corrected chi connectivity index (χ4v) is 2.91. The van der Waals surface area contributed by atoms with Gasteiger partial charge in [0.2, 0.25) is 0 Å². The molecule has 1 aromatic rings. The van der Waals surface area contributed by atoms with Crippen molar-refractivity contribution in [2.75, 3.05) is 0 Å². The zero-order valence-electron chi connectivity index (χ0n) is 10.1. The zero-order valence-corrected chi connectivity index (χ0v) is 10.1. The first kappa shape index (κ1) is 11.0. The fourth-order valence-electron chi connectivity index (χ4n) is 2.91. The summed E-state index contributed by atoms with van der Waals surface area (Å²) in [6, 6.07) is 7.75. The summed E-state index contributed by atoms with van der Waals surface area (Å²) in [6.45, 7) is 1.81. The second kappa shape index (κ2) is 3.70. The highest BCUT2D eigenvalue weighted by atomic mass is 16.4. The van der Waals surface area contributed by atoms with E-state index < -0.39 is 11.4 Å². The Bertz CT molecular complexity index is 607. The molecule has 0 saturated carbocycles. The SMILES string of the molecule is C[C@]1(C(=O)O)c2ccccc2C=C2C=CC=C[C@H]21. The van der Waals surface area contributed by atoms with Crippen molar-refractivity contribution in [2.45, 2.75) is 12.3 Å². The first-order valence-corrected chi connectivity index (χ1v) is 6.03. The Balaban J connectivity index is 2.30. The Kier molecular flexibility index (Phi) is 2.27. The number of hydrogen-bond acceptors (Lipinski definition) is 1. The zero-order chi connectivity index (χ0) is 12.8. The van der Waals surface area contributed by atoms with Crippen LogP contribution >= 0.6 is 0 Å². The topological polar surface area (TPSA) is 37.3 Å². The van der Waals surface area contributed by atoms with Gasteiger partial charge in [-0.15, -0.1) is 0 Å². The van der Waals surface area contributed by atoms with Gasteiger partial charge in [-0.05, 0) is 23.6 Å². The highest BCUT2D eigenvalue weighted by Gasteiger charge is 2.46. The van der Waals surface area contributed by atoms with Crippen LogP contribution in [0.4, 0.5) is 0 Å². The van der Waals surface area contributed by atoms with Gasteiger partial charge in [0.05, 0.1) is 0 Å². The van der Waals surface area contributed by atoms with Crippen LogP contribution < -0.4 is 0 Å². The normalized spacial score (nSPS) is 28.3. The monoisotopic (exact) mass is 238 g/mol. The van der Waals surface area contributed by atoms with Crippen molar-refractivity contribution in [3.8, 4) is 0 Å². The number of carbonyl (C=O) groups is 1. The average molecular weight is 238 g/mol.